The molecule has 0 radical (unpaired) electrons. The summed E-state index contributed by atoms with van der Waals surface area (Å²) in [6.45, 7) is 2.56. The SMILES string of the molecule is CCC(C)C(=O)OCCC(F)CF. The molecular weight excluding hydrogens is 178 g/mol. The minimum absolute atomic E-state index is 0.0335. The van der Waals surface area contributed by atoms with E-state index in [1.165, 1.54) is 0 Å². The Morgan fingerprint density at radius 3 is 2.62 bits per heavy atom. The van der Waals surface area contributed by atoms with Crippen LogP contribution in [0.1, 0.15) is 26.7 Å². The van der Waals surface area contributed by atoms with Crippen molar-refractivity contribution >= 4 is 5.97 Å². The van der Waals surface area contributed by atoms with E-state index < -0.39 is 12.8 Å². The monoisotopic (exact) mass is 194 g/mol. The normalized spacial score (nSPS) is 15.1. The predicted molar refractivity (Wildman–Crippen MR) is 45.9 cm³/mol. The van der Waals surface area contributed by atoms with Crippen molar-refractivity contribution in [1.82, 2.24) is 0 Å². The van der Waals surface area contributed by atoms with Crippen LogP contribution in [0.5, 0.6) is 0 Å². The van der Waals surface area contributed by atoms with Crippen LogP contribution >= 0.6 is 0 Å². The second-order valence-corrected chi connectivity index (χ2v) is 3.02. The lowest BCUT2D eigenvalue weighted by Crippen LogP contribution is -2.17. The lowest BCUT2D eigenvalue weighted by Gasteiger charge is -2.09. The number of alkyl halides is 2. The third-order valence-corrected chi connectivity index (χ3v) is 1.86. The minimum atomic E-state index is -1.51. The molecule has 0 aromatic rings. The van der Waals surface area contributed by atoms with Crippen LogP contribution in [-0.4, -0.2) is 25.4 Å². The van der Waals surface area contributed by atoms with Crippen LogP contribution in [0.15, 0.2) is 0 Å². The average molecular weight is 194 g/mol. The molecule has 0 aromatic heterocycles. The third-order valence-electron chi connectivity index (χ3n) is 1.86. The predicted octanol–water partition coefficient (Wildman–Crippen LogP) is 2.27. The van der Waals surface area contributed by atoms with E-state index in [2.05, 4.69) is 0 Å². The largest absolute Gasteiger partial charge is 0.465 e. The molecule has 0 heterocycles. The number of hydrogen-bond donors (Lipinski definition) is 0. The van der Waals surface area contributed by atoms with Gasteiger partial charge in [0.2, 0.25) is 0 Å². The quantitative estimate of drug-likeness (QED) is 0.606. The maximum Gasteiger partial charge on any atom is 0.308 e. The van der Waals surface area contributed by atoms with Crippen molar-refractivity contribution < 1.29 is 18.3 Å². The molecule has 4 heteroatoms. The summed E-state index contributed by atoms with van der Waals surface area (Å²) < 4.78 is 28.6. The van der Waals surface area contributed by atoms with Gasteiger partial charge in [-0.2, -0.15) is 0 Å². The van der Waals surface area contributed by atoms with E-state index in [0.29, 0.717) is 6.42 Å². The van der Waals surface area contributed by atoms with Crippen molar-refractivity contribution in [1.29, 1.82) is 0 Å². The van der Waals surface area contributed by atoms with Gasteiger partial charge in [-0.05, 0) is 6.42 Å². The van der Waals surface area contributed by atoms with Gasteiger partial charge in [0.1, 0.15) is 12.8 Å². The number of halogens is 2. The van der Waals surface area contributed by atoms with Gasteiger partial charge >= 0.3 is 5.97 Å². The van der Waals surface area contributed by atoms with Crippen molar-refractivity contribution in [3.63, 3.8) is 0 Å². The van der Waals surface area contributed by atoms with E-state index >= 15 is 0 Å². The molecule has 0 spiro atoms. The lowest BCUT2D eigenvalue weighted by atomic mass is 10.1. The molecule has 0 aromatic carbocycles. The van der Waals surface area contributed by atoms with Crippen LogP contribution in [-0.2, 0) is 9.53 Å². The summed E-state index contributed by atoms with van der Waals surface area (Å²) in [5.74, 6) is -0.503. The number of carbonyl (C=O) groups is 1. The Morgan fingerprint density at radius 1 is 1.54 bits per heavy atom. The summed E-state index contributed by atoms with van der Waals surface area (Å²) in [6, 6.07) is 0. The summed E-state index contributed by atoms with van der Waals surface area (Å²) in [6.07, 6.45) is -0.871. The highest BCUT2D eigenvalue weighted by atomic mass is 19.2. The van der Waals surface area contributed by atoms with Crippen molar-refractivity contribution in [2.24, 2.45) is 5.92 Å². The first-order chi connectivity index (χ1) is 6.11. The molecule has 2 nitrogen and oxygen atoms in total. The Balaban J connectivity index is 3.47. The second-order valence-electron chi connectivity index (χ2n) is 3.02. The highest BCUT2D eigenvalue weighted by Gasteiger charge is 2.13. The third kappa shape index (κ3) is 5.55. The number of carbonyl (C=O) groups excluding carboxylic acids is 1. The molecule has 78 valence electrons. The molecule has 0 aliphatic carbocycles. The highest BCUT2D eigenvalue weighted by Crippen LogP contribution is 2.05. The Hall–Kier alpha value is -0.670. The van der Waals surface area contributed by atoms with Crippen molar-refractivity contribution in [2.75, 3.05) is 13.3 Å². The van der Waals surface area contributed by atoms with Gasteiger partial charge in [0.25, 0.3) is 0 Å². The summed E-state index contributed by atoms with van der Waals surface area (Å²) in [5.41, 5.74) is 0. The van der Waals surface area contributed by atoms with E-state index in [9.17, 15) is 13.6 Å². The molecule has 0 aliphatic heterocycles. The van der Waals surface area contributed by atoms with Gasteiger partial charge in [-0.3, -0.25) is 4.79 Å². The van der Waals surface area contributed by atoms with E-state index in [0.717, 1.165) is 0 Å². The maximum atomic E-state index is 12.3. The maximum absolute atomic E-state index is 12.3. The molecule has 0 saturated heterocycles. The molecule has 0 N–H and O–H groups in total. The first kappa shape index (κ1) is 12.3. The Kier molecular flexibility index (Phi) is 6.45. The molecule has 2 atom stereocenters. The molecule has 13 heavy (non-hydrogen) atoms. The molecule has 0 saturated carbocycles. The van der Waals surface area contributed by atoms with Crippen LogP contribution in [0.2, 0.25) is 0 Å². The fraction of sp³-hybridized carbons (Fsp3) is 0.889. The van der Waals surface area contributed by atoms with E-state index in [-0.39, 0.29) is 24.9 Å². The van der Waals surface area contributed by atoms with Crippen LogP contribution < -0.4 is 0 Å². The number of rotatable bonds is 6. The fourth-order valence-corrected chi connectivity index (χ4v) is 0.673. The first-order valence-corrected chi connectivity index (χ1v) is 4.48. The summed E-state index contributed by atoms with van der Waals surface area (Å²) in [4.78, 5) is 11.0. The molecule has 0 aliphatic rings. The van der Waals surface area contributed by atoms with Gasteiger partial charge in [0, 0.05) is 6.42 Å². The van der Waals surface area contributed by atoms with Crippen LogP contribution in [0.25, 0.3) is 0 Å². The molecule has 0 fully saturated rings. The lowest BCUT2D eigenvalue weighted by molar-refractivity contribution is -0.148. The summed E-state index contributed by atoms with van der Waals surface area (Å²) in [7, 11) is 0. The fourth-order valence-electron chi connectivity index (χ4n) is 0.673. The van der Waals surface area contributed by atoms with Crippen LogP contribution in [0, 0.1) is 5.92 Å². The van der Waals surface area contributed by atoms with Gasteiger partial charge in [0.05, 0.1) is 12.5 Å². The van der Waals surface area contributed by atoms with E-state index in [1.54, 1.807) is 6.92 Å². The van der Waals surface area contributed by atoms with Gasteiger partial charge in [-0.15, -0.1) is 0 Å². The molecule has 0 bridgehead atoms. The van der Waals surface area contributed by atoms with Crippen molar-refractivity contribution in [3.05, 3.63) is 0 Å². The van der Waals surface area contributed by atoms with E-state index in [1.807, 2.05) is 6.92 Å². The molecule has 2 unspecified atom stereocenters. The van der Waals surface area contributed by atoms with Crippen LogP contribution in [0.3, 0.4) is 0 Å². The Bertz CT molecular complexity index is 151. The zero-order chi connectivity index (χ0) is 10.3. The molecular formula is C9H16F2O2. The van der Waals surface area contributed by atoms with Crippen molar-refractivity contribution in [2.45, 2.75) is 32.9 Å². The topological polar surface area (TPSA) is 26.3 Å². The number of hydrogen-bond acceptors (Lipinski definition) is 2. The van der Waals surface area contributed by atoms with E-state index in [4.69, 9.17) is 4.74 Å². The summed E-state index contributed by atoms with van der Waals surface area (Å²) >= 11 is 0. The van der Waals surface area contributed by atoms with Gasteiger partial charge in [0.15, 0.2) is 0 Å². The van der Waals surface area contributed by atoms with Crippen molar-refractivity contribution in [3.8, 4) is 0 Å². The molecule has 0 rings (SSSR count). The second kappa shape index (κ2) is 6.80. The summed E-state index contributed by atoms with van der Waals surface area (Å²) in [5, 5.41) is 0. The molecule has 0 amide bonds. The van der Waals surface area contributed by atoms with Crippen LogP contribution in [0.4, 0.5) is 8.78 Å². The Morgan fingerprint density at radius 2 is 2.15 bits per heavy atom. The first-order valence-electron chi connectivity index (χ1n) is 4.48. The van der Waals surface area contributed by atoms with Gasteiger partial charge < -0.3 is 4.74 Å². The van der Waals surface area contributed by atoms with Gasteiger partial charge in [-0.1, -0.05) is 13.8 Å². The zero-order valence-corrected chi connectivity index (χ0v) is 8.06. The number of esters is 1. The minimum Gasteiger partial charge on any atom is -0.465 e. The number of ether oxygens (including phenoxy) is 1. The average Bonchev–Trinajstić information content (AvgIpc) is 2.15. The smallest absolute Gasteiger partial charge is 0.308 e. The highest BCUT2D eigenvalue weighted by molar-refractivity contribution is 5.71. The van der Waals surface area contributed by atoms with Gasteiger partial charge in [-0.25, -0.2) is 8.78 Å². The zero-order valence-electron chi connectivity index (χ0n) is 8.06. The Labute approximate surface area is 77.3 Å². The standard InChI is InChI=1S/C9H16F2O2/c1-3-7(2)9(12)13-5-4-8(11)6-10/h7-8H,3-6H2,1-2H3.